The normalized spacial score (nSPS) is 10.9. The highest BCUT2D eigenvalue weighted by Crippen LogP contribution is 2.28. The van der Waals surface area contributed by atoms with Gasteiger partial charge in [0.15, 0.2) is 9.47 Å². The second-order valence-corrected chi connectivity index (χ2v) is 9.52. The van der Waals surface area contributed by atoms with E-state index < -0.39 is 0 Å². The fourth-order valence-electron chi connectivity index (χ4n) is 2.66. The minimum absolute atomic E-state index is 0.149. The van der Waals surface area contributed by atoms with E-state index in [1.807, 2.05) is 38.1 Å². The Balaban J connectivity index is 1.32. The van der Waals surface area contributed by atoms with Gasteiger partial charge < -0.3 is 10.1 Å². The van der Waals surface area contributed by atoms with Crippen LogP contribution in [0.2, 0.25) is 0 Å². The number of fused-ring (bicyclic) bond motifs is 1. The van der Waals surface area contributed by atoms with Crippen molar-refractivity contribution in [2.24, 2.45) is 0 Å². The molecule has 0 fully saturated rings. The number of aromatic nitrogens is 5. The molecule has 0 unspecified atom stereocenters. The van der Waals surface area contributed by atoms with Crippen LogP contribution in [-0.4, -0.2) is 49.1 Å². The van der Waals surface area contributed by atoms with Crippen LogP contribution in [-0.2, 0) is 11.3 Å². The van der Waals surface area contributed by atoms with Gasteiger partial charge in [0.05, 0.1) is 22.6 Å². The van der Waals surface area contributed by atoms with E-state index in [-0.39, 0.29) is 23.4 Å². The van der Waals surface area contributed by atoms with Gasteiger partial charge >= 0.3 is 0 Å². The smallest absolute Gasteiger partial charge is 0.264 e. The molecule has 0 aliphatic heterocycles. The lowest BCUT2D eigenvalue weighted by Gasteiger charge is -2.02. The minimum Gasteiger partial charge on any atom is -0.476 e. The van der Waals surface area contributed by atoms with Crippen molar-refractivity contribution in [2.75, 3.05) is 23.0 Å². The number of nitrogens with zero attached hydrogens (tertiary/aromatic N) is 5. The van der Waals surface area contributed by atoms with Gasteiger partial charge in [0.1, 0.15) is 5.56 Å². The Hall–Kier alpha value is -3.03. The van der Waals surface area contributed by atoms with Crippen molar-refractivity contribution in [1.29, 1.82) is 0 Å². The minimum atomic E-state index is -0.380. The summed E-state index contributed by atoms with van der Waals surface area (Å²) < 4.78 is 8.64. The number of hydrogen-bond donors (Lipinski definition) is 2. The summed E-state index contributed by atoms with van der Waals surface area (Å²) in [6.45, 7) is 4.77. The summed E-state index contributed by atoms with van der Waals surface area (Å²) in [7, 11) is 0. The average Bonchev–Trinajstić information content (AvgIpc) is 3.50. The molecule has 0 aliphatic rings. The third kappa shape index (κ3) is 5.23. The van der Waals surface area contributed by atoms with Crippen molar-refractivity contribution in [3.8, 4) is 5.88 Å². The van der Waals surface area contributed by atoms with Crippen LogP contribution in [0.4, 0.5) is 10.3 Å². The summed E-state index contributed by atoms with van der Waals surface area (Å²) in [6.07, 6.45) is 1.63. The molecule has 32 heavy (non-hydrogen) atoms. The Morgan fingerprint density at radius 2 is 1.97 bits per heavy atom. The first-order valence-corrected chi connectivity index (χ1v) is 12.3. The topological polar surface area (TPSA) is 124 Å². The number of aryl methyl sites for hydroxylation is 1. The summed E-state index contributed by atoms with van der Waals surface area (Å²) in [4.78, 5) is 29.3. The van der Waals surface area contributed by atoms with Crippen molar-refractivity contribution in [2.45, 2.75) is 24.7 Å². The van der Waals surface area contributed by atoms with Gasteiger partial charge in [0, 0.05) is 12.7 Å². The number of amides is 2. The summed E-state index contributed by atoms with van der Waals surface area (Å²) in [6, 6.07) is 7.70. The lowest BCUT2D eigenvalue weighted by Crippen LogP contribution is -2.13. The molecule has 4 rings (SSSR count). The number of ether oxygens (including phenoxy) is 1. The zero-order valence-corrected chi connectivity index (χ0v) is 19.6. The second-order valence-electron chi connectivity index (χ2n) is 6.29. The fraction of sp³-hybridized carbons (Fsp3) is 0.263. The lowest BCUT2D eigenvalue weighted by molar-refractivity contribution is -0.113. The van der Waals surface area contributed by atoms with Crippen molar-refractivity contribution >= 4 is 66.7 Å². The zero-order chi connectivity index (χ0) is 22.5. The largest absolute Gasteiger partial charge is 0.476 e. The average molecular weight is 490 g/mol. The number of thiazole rings is 1. The Kier molecular flexibility index (Phi) is 6.97. The second kappa shape index (κ2) is 10.1. The summed E-state index contributed by atoms with van der Waals surface area (Å²) in [5.74, 6) is -0.147. The number of para-hydroxylation sites is 1. The van der Waals surface area contributed by atoms with E-state index in [1.54, 1.807) is 10.9 Å². The summed E-state index contributed by atoms with van der Waals surface area (Å²) >= 11 is 3.84. The van der Waals surface area contributed by atoms with Crippen molar-refractivity contribution in [1.82, 2.24) is 25.0 Å². The van der Waals surface area contributed by atoms with Crippen LogP contribution in [0.1, 0.15) is 24.2 Å². The third-order valence-corrected chi connectivity index (χ3v) is 7.00. The van der Waals surface area contributed by atoms with Gasteiger partial charge in [0.25, 0.3) is 5.91 Å². The van der Waals surface area contributed by atoms with E-state index in [9.17, 15) is 9.59 Å². The molecule has 10 nitrogen and oxygen atoms in total. The molecule has 3 aromatic heterocycles. The van der Waals surface area contributed by atoms with Gasteiger partial charge in [-0.25, -0.2) is 4.98 Å². The van der Waals surface area contributed by atoms with Gasteiger partial charge in [-0.15, -0.1) is 15.3 Å². The lowest BCUT2D eigenvalue weighted by atomic mass is 10.3. The number of thioether (sulfide) groups is 1. The Labute approximate surface area is 195 Å². The molecule has 166 valence electrons. The van der Waals surface area contributed by atoms with Crippen LogP contribution >= 0.6 is 34.4 Å². The van der Waals surface area contributed by atoms with Crippen LogP contribution in [0.15, 0.2) is 34.8 Å². The number of anilines is 2. The molecule has 0 saturated carbocycles. The van der Waals surface area contributed by atoms with Crippen LogP contribution in [0.25, 0.3) is 10.2 Å². The van der Waals surface area contributed by atoms with Crippen LogP contribution in [0.5, 0.6) is 5.88 Å². The molecule has 2 amide bonds. The molecule has 0 spiro atoms. The molecular weight excluding hydrogens is 470 g/mol. The van der Waals surface area contributed by atoms with Gasteiger partial charge in [-0.05, 0) is 26.0 Å². The molecule has 0 bridgehead atoms. The summed E-state index contributed by atoms with van der Waals surface area (Å²) in [5.41, 5.74) is 1.18. The van der Waals surface area contributed by atoms with Crippen LogP contribution < -0.4 is 15.4 Å². The molecule has 4 aromatic rings. The molecule has 3 heterocycles. The molecular formula is C19H19N7O3S3. The number of carbonyl (C=O) groups is 2. The highest BCUT2D eigenvalue weighted by molar-refractivity contribution is 8.01. The monoisotopic (exact) mass is 489 g/mol. The maximum Gasteiger partial charge on any atom is 0.264 e. The highest BCUT2D eigenvalue weighted by atomic mass is 32.2. The van der Waals surface area contributed by atoms with Crippen molar-refractivity contribution in [3.05, 3.63) is 36.0 Å². The predicted molar refractivity (Wildman–Crippen MR) is 126 cm³/mol. The number of rotatable bonds is 9. The number of carbonyl (C=O) groups excluding carboxylic acids is 2. The van der Waals surface area contributed by atoms with E-state index >= 15 is 0 Å². The van der Waals surface area contributed by atoms with Gasteiger partial charge in [-0.3, -0.25) is 19.6 Å². The summed E-state index contributed by atoms with van der Waals surface area (Å²) in [5, 5.41) is 18.6. The molecule has 0 atom stereocenters. The number of hydrogen-bond acceptors (Lipinski definition) is 10. The maximum absolute atomic E-state index is 12.6. The SMILES string of the molecule is CCOc1nn(CC)cc1C(=O)Nc1nnc(SCC(=O)Nc2nc3ccccc3s2)s1. The first kappa shape index (κ1) is 22.2. The standard InChI is InChI=1S/C19H19N7O3S3/c1-3-26-9-11(16(25-26)29-4-2)15(28)22-18-23-24-19(32-18)30-10-14(27)21-17-20-12-7-5-6-8-13(12)31-17/h5-9H,3-4,10H2,1-2H3,(H,20,21,27)(H,22,23,28). The van der Waals surface area contributed by atoms with E-state index in [1.165, 1.54) is 34.4 Å². The van der Waals surface area contributed by atoms with Gasteiger partial charge in [-0.2, -0.15) is 0 Å². The quantitative estimate of drug-likeness (QED) is 0.269. The molecule has 0 radical (unpaired) electrons. The number of benzene rings is 1. The molecule has 0 aliphatic carbocycles. The maximum atomic E-state index is 12.6. The molecule has 0 saturated heterocycles. The fourth-order valence-corrected chi connectivity index (χ4v) is 5.09. The van der Waals surface area contributed by atoms with Crippen LogP contribution in [0, 0.1) is 0 Å². The van der Waals surface area contributed by atoms with E-state index in [2.05, 4.69) is 30.9 Å². The Bertz CT molecular complexity index is 1220. The Morgan fingerprint density at radius 3 is 2.75 bits per heavy atom. The van der Waals surface area contributed by atoms with Gasteiger partial charge in [0.2, 0.25) is 16.9 Å². The van der Waals surface area contributed by atoms with Crippen molar-refractivity contribution in [3.63, 3.8) is 0 Å². The first-order valence-electron chi connectivity index (χ1n) is 9.69. The molecule has 2 N–H and O–H groups in total. The zero-order valence-electron chi connectivity index (χ0n) is 17.2. The van der Waals surface area contributed by atoms with E-state index in [0.29, 0.717) is 33.3 Å². The highest BCUT2D eigenvalue weighted by Gasteiger charge is 2.19. The molecule has 13 heteroatoms. The molecule has 1 aromatic carbocycles. The van der Waals surface area contributed by atoms with Gasteiger partial charge in [-0.1, -0.05) is 46.6 Å². The van der Waals surface area contributed by atoms with E-state index in [4.69, 9.17) is 4.74 Å². The Morgan fingerprint density at radius 1 is 1.12 bits per heavy atom. The first-order chi connectivity index (χ1) is 15.6. The van der Waals surface area contributed by atoms with Crippen LogP contribution in [0.3, 0.4) is 0 Å². The van der Waals surface area contributed by atoms with E-state index in [0.717, 1.165) is 10.2 Å². The van der Waals surface area contributed by atoms with Crippen molar-refractivity contribution < 1.29 is 14.3 Å². The third-order valence-electron chi connectivity index (χ3n) is 4.07. The predicted octanol–water partition coefficient (Wildman–Crippen LogP) is 3.75. The number of nitrogens with one attached hydrogen (secondary N) is 2.